The van der Waals surface area contributed by atoms with E-state index >= 15 is 4.39 Å². The van der Waals surface area contributed by atoms with Crippen LogP contribution in [-0.4, -0.2) is 187 Å². The van der Waals surface area contributed by atoms with Crippen molar-refractivity contribution in [1.82, 2.24) is 45.9 Å². The number of aromatic hydroxyl groups is 1. The van der Waals surface area contributed by atoms with Crippen molar-refractivity contribution < 1.29 is 106 Å². The Hall–Kier alpha value is -9.62. The van der Waals surface area contributed by atoms with Crippen LogP contribution in [0.5, 0.6) is 28.7 Å². The van der Waals surface area contributed by atoms with Gasteiger partial charge in [-0.15, -0.1) is 0 Å². The Balaban J connectivity index is 0.974. The predicted octanol–water partition coefficient (Wildman–Crippen LogP) is -0.350. The van der Waals surface area contributed by atoms with E-state index < -0.39 is 187 Å². The Bertz CT molecular complexity index is 3440. The number of ether oxygens (including phenoxy) is 2. The second-order valence-electron chi connectivity index (χ2n) is 19.1. The largest absolute Gasteiger partial charge is 0.547 e. The molecule has 9 N–H and O–H groups in total. The molecule has 440 valence electrons. The van der Waals surface area contributed by atoms with Gasteiger partial charge in [-0.3, -0.25) is 48.3 Å². The normalized spacial score (nSPS) is 18.3. The van der Waals surface area contributed by atoms with E-state index in [4.69, 9.17) is 30.4 Å². The van der Waals surface area contributed by atoms with Crippen LogP contribution in [0, 0.1) is 11.6 Å². The van der Waals surface area contributed by atoms with Crippen molar-refractivity contribution in [1.29, 1.82) is 0 Å². The van der Waals surface area contributed by atoms with Crippen molar-refractivity contribution in [3.8, 4) is 28.7 Å². The lowest BCUT2D eigenvalue weighted by Gasteiger charge is -2.37. The summed E-state index contributed by atoms with van der Waals surface area (Å²) < 4.78 is 51.6. The van der Waals surface area contributed by atoms with Gasteiger partial charge in [0.25, 0.3) is 0 Å². The summed E-state index contributed by atoms with van der Waals surface area (Å²) in [6.07, 6.45) is 0.259. The van der Waals surface area contributed by atoms with Crippen LogP contribution in [0.4, 0.5) is 18.4 Å². The topological polar surface area (TPSA) is 400 Å². The Morgan fingerprint density at radius 3 is 2.06 bits per heavy atom. The summed E-state index contributed by atoms with van der Waals surface area (Å²) in [4.78, 5) is 152. The zero-order valence-corrected chi connectivity index (χ0v) is 44.9. The minimum atomic E-state index is -2.14. The first-order valence-electron chi connectivity index (χ1n) is 25.3. The molecule has 8 rings (SSSR count). The number of esters is 1. The third-order valence-corrected chi connectivity index (χ3v) is 14.1. The highest BCUT2D eigenvalue weighted by Gasteiger charge is 2.46. The monoisotopic (exact) mass is 1190 g/mol. The molecule has 0 aliphatic carbocycles. The van der Waals surface area contributed by atoms with Crippen LogP contribution in [0.2, 0.25) is 5.02 Å². The maximum absolute atomic E-state index is 15.7. The number of halogens is 3. The first-order valence-corrected chi connectivity index (χ1v) is 25.7. The molecule has 29 nitrogen and oxygen atoms in total. The number of nitrogens with one attached hydrogen (secondary N) is 4. The lowest BCUT2D eigenvalue weighted by Crippen LogP contribution is -2.63. The van der Waals surface area contributed by atoms with Gasteiger partial charge in [-0.25, -0.2) is 28.0 Å². The van der Waals surface area contributed by atoms with Crippen LogP contribution >= 0.6 is 11.6 Å². The molecule has 4 aromatic rings. The number of phenolic OH excluding ortho intramolecular Hbond substituents is 1. The molecule has 10 amide bonds. The van der Waals surface area contributed by atoms with Crippen LogP contribution in [0.3, 0.4) is 0 Å². The second-order valence-corrected chi connectivity index (χ2v) is 19.5. The maximum Gasteiger partial charge on any atom is 0.547 e. The number of amides is 10. The van der Waals surface area contributed by atoms with E-state index in [-0.39, 0.29) is 53.9 Å². The molecule has 5 atom stereocenters. The lowest BCUT2D eigenvalue weighted by molar-refractivity contribution is -0.155. The number of urea groups is 2. The number of hydrogen-bond acceptors (Lipinski definition) is 19. The SMILES string of the molecule is CCN1C[C@H](C)N(C(=O)NC(C(=O)N[C@H]2Cc3ccc(F)c(C(=O)O)c3OB2O)c2ccc(O)c(OCCN3CCN(C(=O)NC(C(=O)N[C@H]4Cc5cccc(C(=O)O)c5OB4O)c4ncc(OC(C)=O)cc4F)C(=O)C3=O)c2Cl)C(=O)C1=O. The third kappa shape index (κ3) is 12.4. The van der Waals surface area contributed by atoms with Crippen molar-refractivity contribution in [2.24, 2.45) is 0 Å². The zero-order chi connectivity index (χ0) is 61.2. The number of benzene rings is 3. The number of piperazine rings is 2. The number of nitrogens with zero attached hydrogens (tertiary/aromatic N) is 5. The molecule has 34 heteroatoms. The molecule has 0 saturated carbocycles. The number of carbonyl (C=O) groups excluding carboxylic acids is 9. The smallest absolute Gasteiger partial charge is 0.534 e. The van der Waals surface area contributed by atoms with Crippen LogP contribution in [0.1, 0.15) is 76.0 Å². The Morgan fingerprint density at radius 2 is 1.43 bits per heavy atom. The van der Waals surface area contributed by atoms with Crippen LogP contribution in [0.15, 0.2) is 54.7 Å². The average Bonchev–Trinajstić information content (AvgIpc) is 3.39. The number of carboxylic acid groups (broad SMARTS) is 2. The highest BCUT2D eigenvalue weighted by molar-refractivity contribution is 6.47. The molecule has 0 radical (unpaired) electrons. The highest BCUT2D eigenvalue weighted by atomic mass is 35.5. The lowest BCUT2D eigenvalue weighted by atomic mass is 9.72. The summed E-state index contributed by atoms with van der Waals surface area (Å²) in [5.74, 6) is -19.0. The summed E-state index contributed by atoms with van der Waals surface area (Å²) in [6, 6.07) is 1.04. The van der Waals surface area contributed by atoms with E-state index in [1.807, 2.05) is 0 Å². The molecule has 5 heterocycles. The molecule has 0 bridgehead atoms. The Labute approximate surface area is 478 Å². The summed E-state index contributed by atoms with van der Waals surface area (Å²) >= 11 is 6.79. The van der Waals surface area contributed by atoms with Gasteiger partial charge in [0.15, 0.2) is 29.1 Å². The number of aromatic carboxylic acids is 2. The molecular formula is C50H48B2ClF2N9O20. The molecule has 3 aromatic carbocycles. The molecule has 84 heavy (non-hydrogen) atoms. The first kappa shape index (κ1) is 60.5. The first-order chi connectivity index (χ1) is 39.8. The fraction of sp³-hybridized carbons (Fsp3) is 0.320. The van der Waals surface area contributed by atoms with Gasteiger partial charge in [-0.05, 0) is 56.0 Å². The van der Waals surface area contributed by atoms with Crippen LogP contribution in [-0.2, 0) is 46.4 Å². The van der Waals surface area contributed by atoms with Gasteiger partial charge in [0.2, 0.25) is 11.8 Å². The number of phenols is 1. The van der Waals surface area contributed by atoms with Gasteiger partial charge in [-0.2, -0.15) is 0 Å². The molecule has 4 aliphatic rings. The van der Waals surface area contributed by atoms with E-state index in [9.17, 15) is 82.5 Å². The quantitative estimate of drug-likeness (QED) is 0.0393. The number of imide groups is 2. The predicted molar refractivity (Wildman–Crippen MR) is 279 cm³/mol. The van der Waals surface area contributed by atoms with Gasteiger partial charge in [0, 0.05) is 44.7 Å². The van der Waals surface area contributed by atoms with Crippen LogP contribution < -0.4 is 40.0 Å². The van der Waals surface area contributed by atoms with Gasteiger partial charge < -0.3 is 75.2 Å². The number of likely N-dealkylation sites (N-methyl/N-ethyl adjacent to an activating group) is 1. The number of hydrogen-bond donors (Lipinski definition) is 9. The summed E-state index contributed by atoms with van der Waals surface area (Å²) in [5, 5.41) is 60.7. The summed E-state index contributed by atoms with van der Waals surface area (Å²) in [7, 11) is -3.89. The van der Waals surface area contributed by atoms with Crippen molar-refractivity contribution in [2.45, 2.75) is 63.6 Å². The number of carboxylic acids is 2. The molecule has 2 saturated heterocycles. The number of rotatable bonds is 16. The van der Waals surface area contributed by atoms with Crippen molar-refractivity contribution in [3.05, 3.63) is 105 Å². The molecule has 2 fully saturated rings. The van der Waals surface area contributed by atoms with E-state index in [2.05, 4.69) is 26.3 Å². The van der Waals surface area contributed by atoms with Crippen molar-refractivity contribution >= 4 is 91.3 Å². The minimum Gasteiger partial charge on any atom is -0.534 e. The van der Waals surface area contributed by atoms with Gasteiger partial charge in [-0.1, -0.05) is 35.9 Å². The molecule has 0 spiro atoms. The van der Waals surface area contributed by atoms with Crippen molar-refractivity contribution in [3.63, 3.8) is 0 Å². The highest BCUT2D eigenvalue weighted by Crippen LogP contribution is 2.40. The number of aromatic nitrogens is 1. The fourth-order valence-corrected chi connectivity index (χ4v) is 9.88. The molecule has 1 aromatic heterocycles. The van der Waals surface area contributed by atoms with E-state index in [0.717, 1.165) is 42.3 Å². The minimum absolute atomic E-state index is 0.0473. The van der Waals surface area contributed by atoms with E-state index in [1.165, 1.54) is 30.0 Å². The third-order valence-electron chi connectivity index (χ3n) is 13.7. The summed E-state index contributed by atoms with van der Waals surface area (Å²) in [6.45, 7) is 2.10. The Kier molecular flexibility index (Phi) is 17.9. The average molecular weight is 1190 g/mol. The summed E-state index contributed by atoms with van der Waals surface area (Å²) in [5.41, 5.74) is -2.03. The van der Waals surface area contributed by atoms with Gasteiger partial charge in [0.05, 0.1) is 41.3 Å². The fourth-order valence-electron chi connectivity index (χ4n) is 9.56. The van der Waals surface area contributed by atoms with Crippen molar-refractivity contribution in [2.75, 3.05) is 39.3 Å². The second kappa shape index (κ2) is 24.8. The van der Waals surface area contributed by atoms with E-state index in [0.29, 0.717) is 15.9 Å². The van der Waals surface area contributed by atoms with E-state index in [1.54, 1.807) is 6.92 Å². The number of pyridine rings is 1. The molecular weight excluding hydrogens is 1140 g/mol. The number of carbonyl (C=O) groups is 11. The van der Waals surface area contributed by atoms with Gasteiger partial charge in [0.1, 0.15) is 41.2 Å². The maximum atomic E-state index is 15.7. The van der Waals surface area contributed by atoms with Gasteiger partial charge >= 0.3 is 67.8 Å². The zero-order valence-electron chi connectivity index (χ0n) is 44.1. The standard InChI is InChI=1S/C50H48B2ClF2N9O20/c1-4-61-20-21(2)64(46(72)44(61)70)50(78)59-35(41(67)57-32-17-24-8-10-28(54)33(48(75)76)39(24)84-52(32)80)26-9-11-30(66)40(34(26)53)81-15-14-62-12-13-63(45(71)43(62)69)49(77)60-37(36-29(55)18-25(19-56-36)82-22(3)65)42(68)58-31-16-23-6-5-7-27(47(73)74)38(23)83-51(31)79/h5-11,18-19,21,31-32,35,37,66,79-80H,4,12-17,20H2,1-3H3,(H,57,67)(H,58,68)(H,59,78)(H,60,77)(H,73,74)(H,75,76)/t21-,31-,32-,35?,37?/m0/s1. The molecule has 2 unspecified atom stereocenters. The Morgan fingerprint density at radius 1 is 0.798 bits per heavy atom. The number of para-hydroxylation sites is 1. The molecule has 4 aliphatic heterocycles. The number of fused-ring (bicyclic) bond motifs is 2. The van der Waals surface area contributed by atoms with Crippen LogP contribution in [0.25, 0.3) is 0 Å².